The molecule has 0 aromatic heterocycles. The normalized spacial score (nSPS) is 56.8. The van der Waals surface area contributed by atoms with Crippen molar-refractivity contribution in [2.75, 3.05) is 0 Å². The molecule has 0 bridgehead atoms. The summed E-state index contributed by atoms with van der Waals surface area (Å²) in [5.74, 6) is 4.28. The van der Waals surface area contributed by atoms with E-state index in [0.29, 0.717) is 12.2 Å². The second kappa shape index (κ2) is 4.01. The van der Waals surface area contributed by atoms with Gasteiger partial charge in [0, 0.05) is 0 Å². The van der Waals surface area contributed by atoms with Crippen LogP contribution in [0, 0.1) is 29.6 Å². The molecule has 0 aromatic rings. The smallest absolute Gasteiger partial charge is 0.0638 e. The molecule has 0 radical (unpaired) electrons. The predicted molar refractivity (Wildman–Crippen MR) is 66.2 cm³/mol. The Hall–Kier alpha value is -0.0400. The maximum absolute atomic E-state index is 6.46. The van der Waals surface area contributed by atoms with Gasteiger partial charge in [-0.1, -0.05) is 27.2 Å². The van der Waals surface area contributed by atoms with E-state index >= 15 is 0 Å². The average molecular weight is 222 g/mol. The quantitative estimate of drug-likeness (QED) is 0.604. The van der Waals surface area contributed by atoms with Crippen molar-refractivity contribution in [1.82, 2.24) is 0 Å². The molecule has 0 N–H and O–H groups in total. The van der Waals surface area contributed by atoms with E-state index < -0.39 is 0 Å². The van der Waals surface area contributed by atoms with Gasteiger partial charge in [-0.05, 0) is 55.3 Å². The lowest BCUT2D eigenvalue weighted by molar-refractivity contribution is -0.0518. The van der Waals surface area contributed by atoms with Crippen molar-refractivity contribution in [3.63, 3.8) is 0 Å². The summed E-state index contributed by atoms with van der Waals surface area (Å²) in [6.45, 7) is 7.24. The molecule has 92 valence electrons. The van der Waals surface area contributed by atoms with Crippen molar-refractivity contribution >= 4 is 0 Å². The van der Waals surface area contributed by atoms with Crippen molar-refractivity contribution in [2.45, 2.75) is 65.1 Å². The SMILES string of the molecule is CC1CCC2C3CCCC(C)C3OC2C1C. The molecule has 1 saturated heterocycles. The molecule has 0 spiro atoms. The standard InChI is InChI=1S/C15H26O/c1-9-7-8-13-12-6-4-5-10(2)14(12)16-15(13)11(9)3/h9-15H,4-8H2,1-3H3. The van der Waals surface area contributed by atoms with Gasteiger partial charge in [0.15, 0.2) is 0 Å². The summed E-state index contributed by atoms with van der Waals surface area (Å²) < 4.78 is 6.46. The van der Waals surface area contributed by atoms with Crippen molar-refractivity contribution in [2.24, 2.45) is 29.6 Å². The molecule has 0 amide bonds. The summed E-state index contributed by atoms with van der Waals surface area (Å²) in [7, 11) is 0. The minimum atomic E-state index is 0.597. The monoisotopic (exact) mass is 222 g/mol. The second-order valence-corrected chi connectivity index (χ2v) is 6.71. The Morgan fingerprint density at radius 1 is 0.750 bits per heavy atom. The number of hydrogen-bond donors (Lipinski definition) is 0. The molecule has 3 fully saturated rings. The largest absolute Gasteiger partial charge is 0.374 e. The summed E-state index contributed by atoms with van der Waals surface area (Å²) in [6.07, 6.45) is 8.35. The minimum Gasteiger partial charge on any atom is -0.374 e. The molecular formula is C15H26O. The predicted octanol–water partition coefficient (Wildman–Crippen LogP) is 3.87. The molecule has 1 aliphatic heterocycles. The first kappa shape index (κ1) is 11.1. The molecular weight excluding hydrogens is 196 g/mol. The highest BCUT2D eigenvalue weighted by Gasteiger charge is 2.51. The Labute approximate surface area is 99.9 Å². The zero-order valence-corrected chi connectivity index (χ0v) is 11.0. The Balaban J connectivity index is 1.81. The van der Waals surface area contributed by atoms with Crippen LogP contribution in [0.4, 0.5) is 0 Å². The topological polar surface area (TPSA) is 9.23 Å². The van der Waals surface area contributed by atoms with Crippen molar-refractivity contribution < 1.29 is 4.74 Å². The molecule has 7 unspecified atom stereocenters. The van der Waals surface area contributed by atoms with Gasteiger partial charge in [0.2, 0.25) is 0 Å². The Morgan fingerprint density at radius 2 is 1.50 bits per heavy atom. The zero-order valence-electron chi connectivity index (χ0n) is 11.0. The van der Waals surface area contributed by atoms with Gasteiger partial charge in [0.25, 0.3) is 0 Å². The fourth-order valence-corrected chi connectivity index (χ4v) is 4.58. The first-order valence-corrected chi connectivity index (χ1v) is 7.34. The van der Waals surface area contributed by atoms with E-state index in [2.05, 4.69) is 20.8 Å². The molecule has 0 aromatic carbocycles. The van der Waals surface area contributed by atoms with Crippen LogP contribution >= 0.6 is 0 Å². The Bertz CT molecular complexity index is 262. The third kappa shape index (κ3) is 1.54. The van der Waals surface area contributed by atoms with Crippen LogP contribution in [0.15, 0.2) is 0 Å². The lowest BCUT2D eigenvalue weighted by Gasteiger charge is -2.37. The first-order chi connectivity index (χ1) is 7.68. The van der Waals surface area contributed by atoms with Crippen LogP contribution in [0.3, 0.4) is 0 Å². The third-order valence-corrected chi connectivity index (χ3v) is 5.84. The van der Waals surface area contributed by atoms with Crippen LogP contribution in [-0.2, 0) is 4.74 Å². The van der Waals surface area contributed by atoms with Crippen molar-refractivity contribution in [3.8, 4) is 0 Å². The van der Waals surface area contributed by atoms with Gasteiger partial charge in [-0.15, -0.1) is 0 Å². The highest BCUT2D eigenvalue weighted by molar-refractivity contribution is 4.99. The van der Waals surface area contributed by atoms with Gasteiger partial charge in [0.05, 0.1) is 12.2 Å². The first-order valence-electron chi connectivity index (χ1n) is 7.34. The molecule has 16 heavy (non-hydrogen) atoms. The fraction of sp³-hybridized carbons (Fsp3) is 1.00. The number of ether oxygens (including phenoxy) is 1. The lowest BCUT2D eigenvalue weighted by atomic mass is 9.66. The van der Waals surface area contributed by atoms with Crippen LogP contribution in [-0.4, -0.2) is 12.2 Å². The summed E-state index contributed by atoms with van der Waals surface area (Å²) >= 11 is 0. The zero-order chi connectivity index (χ0) is 11.3. The van der Waals surface area contributed by atoms with E-state index in [0.717, 1.165) is 29.6 Å². The summed E-state index contributed by atoms with van der Waals surface area (Å²) in [5, 5.41) is 0. The van der Waals surface area contributed by atoms with E-state index in [1.165, 1.54) is 32.1 Å². The van der Waals surface area contributed by atoms with E-state index in [1.807, 2.05) is 0 Å². The summed E-state index contributed by atoms with van der Waals surface area (Å²) in [6, 6.07) is 0. The van der Waals surface area contributed by atoms with Crippen LogP contribution < -0.4 is 0 Å². The van der Waals surface area contributed by atoms with Gasteiger partial charge < -0.3 is 4.74 Å². The van der Waals surface area contributed by atoms with Crippen LogP contribution in [0.25, 0.3) is 0 Å². The molecule has 1 heteroatoms. The molecule has 2 saturated carbocycles. The van der Waals surface area contributed by atoms with E-state index in [9.17, 15) is 0 Å². The van der Waals surface area contributed by atoms with E-state index in [1.54, 1.807) is 0 Å². The molecule has 3 rings (SSSR count). The summed E-state index contributed by atoms with van der Waals surface area (Å²) in [5.41, 5.74) is 0. The number of hydrogen-bond acceptors (Lipinski definition) is 1. The highest BCUT2D eigenvalue weighted by Crippen LogP contribution is 2.51. The van der Waals surface area contributed by atoms with Gasteiger partial charge in [-0.25, -0.2) is 0 Å². The maximum atomic E-state index is 6.46. The average Bonchev–Trinajstić information content (AvgIpc) is 2.65. The number of rotatable bonds is 0. The van der Waals surface area contributed by atoms with Crippen LogP contribution in [0.1, 0.15) is 52.9 Å². The van der Waals surface area contributed by atoms with Gasteiger partial charge in [0.1, 0.15) is 0 Å². The third-order valence-electron chi connectivity index (χ3n) is 5.84. The van der Waals surface area contributed by atoms with Gasteiger partial charge in [-0.2, -0.15) is 0 Å². The van der Waals surface area contributed by atoms with Crippen LogP contribution in [0.5, 0.6) is 0 Å². The molecule has 1 heterocycles. The van der Waals surface area contributed by atoms with Crippen molar-refractivity contribution in [1.29, 1.82) is 0 Å². The van der Waals surface area contributed by atoms with Crippen LogP contribution in [0.2, 0.25) is 0 Å². The molecule has 3 aliphatic rings. The Morgan fingerprint density at radius 3 is 2.31 bits per heavy atom. The lowest BCUT2D eigenvalue weighted by Crippen LogP contribution is -2.36. The number of fused-ring (bicyclic) bond motifs is 3. The Kier molecular flexibility index (Phi) is 2.78. The molecule has 7 atom stereocenters. The summed E-state index contributed by atoms with van der Waals surface area (Å²) in [4.78, 5) is 0. The fourth-order valence-electron chi connectivity index (χ4n) is 4.58. The van der Waals surface area contributed by atoms with Gasteiger partial charge in [-0.3, -0.25) is 0 Å². The molecule has 1 nitrogen and oxygen atoms in total. The maximum Gasteiger partial charge on any atom is 0.0638 e. The van der Waals surface area contributed by atoms with Crippen molar-refractivity contribution in [3.05, 3.63) is 0 Å². The molecule has 2 aliphatic carbocycles. The minimum absolute atomic E-state index is 0.597. The van der Waals surface area contributed by atoms with E-state index in [-0.39, 0.29) is 0 Å². The van der Waals surface area contributed by atoms with Gasteiger partial charge >= 0.3 is 0 Å². The highest BCUT2D eigenvalue weighted by atomic mass is 16.5. The second-order valence-electron chi connectivity index (χ2n) is 6.71. The van der Waals surface area contributed by atoms with E-state index in [4.69, 9.17) is 4.74 Å².